The van der Waals surface area contributed by atoms with Crippen molar-refractivity contribution in [2.75, 3.05) is 0 Å². The highest BCUT2D eigenvalue weighted by atomic mass is 32.1. The van der Waals surface area contributed by atoms with Crippen LogP contribution < -0.4 is 5.73 Å². The predicted octanol–water partition coefficient (Wildman–Crippen LogP) is 3.04. The second-order valence-corrected chi connectivity index (χ2v) is 5.18. The minimum absolute atomic E-state index is 0.306. The van der Waals surface area contributed by atoms with Gasteiger partial charge in [0, 0.05) is 17.0 Å². The zero-order valence-corrected chi connectivity index (χ0v) is 9.73. The quantitative estimate of drug-likeness (QED) is 0.892. The third-order valence-corrected chi connectivity index (χ3v) is 3.99. The standard InChI is InChI=1S/C12H10F2N2S/c13-7-1-2-8(9(14)5-7)10-6-17-11(16-10)12(15)3-4-12/h1-2,5-6H,3-4,15H2. The van der Waals surface area contributed by atoms with E-state index < -0.39 is 11.6 Å². The number of hydrogen-bond acceptors (Lipinski definition) is 3. The number of aromatic nitrogens is 1. The monoisotopic (exact) mass is 252 g/mol. The maximum atomic E-state index is 13.6. The van der Waals surface area contributed by atoms with E-state index in [1.807, 2.05) is 0 Å². The van der Waals surface area contributed by atoms with Gasteiger partial charge < -0.3 is 5.73 Å². The van der Waals surface area contributed by atoms with E-state index in [2.05, 4.69) is 4.98 Å². The largest absolute Gasteiger partial charge is 0.319 e. The number of thiazole rings is 1. The van der Waals surface area contributed by atoms with Crippen molar-refractivity contribution in [1.82, 2.24) is 4.98 Å². The van der Waals surface area contributed by atoms with Crippen LogP contribution in [0.4, 0.5) is 8.78 Å². The van der Waals surface area contributed by atoms with Gasteiger partial charge in [-0.1, -0.05) is 0 Å². The molecule has 1 fully saturated rings. The first-order valence-corrected chi connectivity index (χ1v) is 6.17. The van der Waals surface area contributed by atoms with Crippen molar-refractivity contribution >= 4 is 11.3 Å². The maximum Gasteiger partial charge on any atom is 0.135 e. The summed E-state index contributed by atoms with van der Waals surface area (Å²) in [5.74, 6) is -1.18. The van der Waals surface area contributed by atoms with Gasteiger partial charge in [0.15, 0.2) is 0 Å². The van der Waals surface area contributed by atoms with Gasteiger partial charge in [0.05, 0.1) is 11.2 Å². The van der Waals surface area contributed by atoms with Crippen LogP contribution >= 0.6 is 11.3 Å². The molecule has 0 atom stereocenters. The second kappa shape index (κ2) is 3.58. The summed E-state index contributed by atoms with van der Waals surface area (Å²) in [6.07, 6.45) is 1.84. The van der Waals surface area contributed by atoms with E-state index in [4.69, 9.17) is 5.73 Å². The summed E-state index contributed by atoms with van der Waals surface area (Å²) in [7, 11) is 0. The van der Waals surface area contributed by atoms with Crippen molar-refractivity contribution in [2.45, 2.75) is 18.4 Å². The van der Waals surface area contributed by atoms with Gasteiger partial charge in [-0.05, 0) is 25.0 Å². The van der Waals surface area contributed by atoms with Crippen LogP contribution in [0, 0.1) is 11.6 Å². The van der Waals surface area contributed by atoms with Crippen molar-refractivity contribution in [3.05, 3.63) is 40.2 Å². The van der Waals surface area contributed by atoms with Crippen LogP contribution in [0.1, 0.15) is 17.8 Å². The minimum Gasteiger partial charge on any atom is -0.319 e. The highest BCUT2D eigenvalue weighted by Crippen LogP contribution is 2.44. The molecule has 1 aromatic heterocycles. The third kappa shape index (κ3) is 1.85. The van der Waals surface area contributed by atoms with Crippen molar-refractivity contribution in [2.24, 2.45) is 5.73 Å². The number of benzene rings is 1. The average Bonchev–Trinajstić information content (AvgIpc) is 2.85. The molecule has 17 heavy (non-hydrogen) atoms. The zero-order valence-electron chi connectivity index (χ0n) is 8.91. The summed E-state index contributed by atoms with van der Waals surface area (Å²) in [5, 5.41) is 2.59. The number of nitrogens with two attached hydrogens (primary N) is 1. The Labute approximate surface area is 101 Å². The maximum absolute atomic E-state index is 13.6. The Bertz CT molecular complexity index is 576. The molecular weight excluding hydrogens is 242 g/mol. The molecule has 88 valence electrons. The van der Waals surface area contributed by atoms with Crippen LogP contribution in [0.3, 0.4) is 0 Å². The van der Waals surface area contributed by atoms with Gasteiger partial charge in [0.25, 0.3) is 0 Å². The van der Waals surface area contributed by atoms with E-state index in [9.17, 15) is 8.78 Å². The van der Waals surface area contributed by atoms with Gasteiger partial charge in [0.2, 0.25) is 0 Å². The molecule has 0 unspecified atom stereocenters. The number of nitrogens with zero attached hydrogens (tertiary/aromatic N) is 1. The lowest BCUT2D eigenvalue weighted by molar-refractivity contribution is 0.585. The Morgan fingerprint density at radius 3 is 2.71 bits per heavy atom. The summed E-state index contributed by atoms with van der Waals surface area (Å²) < 4.78 is 26.3. The molecule has 0 saturated heterocycles. The smallest absolute Gasteiger partial charge is 0.135 e. The molecule has 1 aromatic carbocycles. The zero-order chi connectivity index (χ0) is 12.0. The molecule has 5 heteroatoms. The molecule has 0 radical (unpaired) electrons. The van der Waals surface area contributed by atoms with Gasteiger partial charge in [-0.25, -0.2) is 13.8 Å². The van der Waals surface area contributed by atoms with E-state index in [0.717, 1.165) is 23.9 Å². The molecular formula is C12H10F2N2S. The van der Waals surface area contributed by atoms with E-state index in [-0.39, 0.29) is 5.54 Å². The molecule has 1 aliphatic rings. The average molecular weight is 252 g/mol. The summed E-state index contributed by atoms with van der Waals surface area (Å²) in [5.41, 5.74) is 6.55. The van der Waals surface area contributed by atoms with E-state index in [0.29, 0.717) is 11.3 Å². The van der Waals surface area contributed by atoms with Gasteiger partial charge in [-0.15, -0.1) is 11.3 Å². The molecule has 1 saturated carbocycles. The van der Waals surface area contributed by atoms with Crippen LogP contribution in [0.15, 0.2) is 23.6 Å². The highest BCUT2D eigenvalue weighted by Gasteiger charge is 2.42. The van der Waals surface area contributed by atoms with Gasteiger partial charge in [0.1, 0.15) is 16.6 Å². The molecule has 1 heterocycles. The highest BCUT2D eigenvalue weighted by molar-refractivity contribution is 7.10. The molecule has 0 spiro atoms. The Hall–Kier alpha value is -1.33. The number of rotatable bonds is 2. The third-order valence-electron chi connectivity index (χ3n) is 2.93. The van der Waals surface area contributed by atoms with Crippen molar-refractivity contribution < 1.29 is 8.78 Å². The lowest BCUT2D eigenvalue weighted by Gasteiger charge is -2.02. The van der Waals surface area contributed by atoms with Crippen LogP contribution in [-0.2, 0) is 5.54 Å². The first-order valence-electron chi connectivity index (χ1n) is 5.29. The van der Waals surface area contributed by atoms with Crippen molar-refractivity contribution in [3.8, 4) is 11.3 Å². The Morgan fingerprint density at radius 1 is 1.29 bits per heavy atom. The fourth-order valence-corrected chi connectivity index (χ4v) is 2.66. The Morgan fingerprint density at radius 2 is 2.06 bits per heavy atom. The normalized spacial score (nSPS) is 17.1. The first kappa shape index (κ1) is 10.8. The predicted molar refractivity (Wildman–Crippen MR) is 62.6 cm³/mol. The van der Waals surface area contributed by atoms with Gasteiger partial charge in [-0.3, -0.25) is 0 Å². The first-order chi connectivity index (χ1) is 8.08. The molecule has 2 aromatic rings. The molecule has 0 bridgehead atoms. The topological polar surface area (TPSA) is 38.9 Å². The molecule has 1 aliphatic carbocycles. The lowest BCUT2D eigenvalue weighted by atomic mass is 10.1. The van der Waals surface area contributed by atoms with E-state index >= 15 is 0 Å². The van der Waals surface area contributed by atoms with Crippen LogP contribution in [0.25, 0.3) is 11.3 Å². The molecule has 2 N–H and O–H groups in total. The fraction of sp³-hybridized carbons (Fsp3) is 0.250. The molecule has 0 amide bonds. The molecule has 3 rings (SSSR count). The second-order valence-electron chi connectivity index (χ2n) is 4.32. The van der Waals surface area contributed by atoms with Crippen molar-refractivity contribution in [1.29, 1.82) is 0 Å². The van der Waals surface area contributed by atoms with Gasteiger partial charge >= 0.3 is 0 Å². The van der Waals surface area contributed by atoms with Crippen LogP contribution in [0.5, 0.6) is 0 Å². The summed E-state index contributed by atoms with van der Waals surface area (Å²) in [6.45, 7) is 0. The Balaban J connectivity index is 2.01. The summed E-state index contributed by atoms with van der Waals surface area (Å²) in [6, 6.07) is 3.50. The minimum atomic E-state index is -0.594. The van der Waals surface area contributed by atoms with E-state index in [1.54, 1.807) is 5.38 Å². The summed E-state index contributed by atoms with van der Waals surface area (Å²) >= 11 is 1.43. The van der Waals surface area contributed by atoms with Crippen LogP contribution in [0.2, 0.25) is 0 Å². The van der Waals surface area contributed by atoms with Crippen molar-refractivity contribution in [3.63, 3.8) is 0 Å². The fourth-order valence-electron chi connectivity index (χ4n) is 1.67. The summed E-state index contributed by atoms with van der Waals surface area (Å²) in [4.78, 5) is 4.34. The molecule has 0 aliphatic heterocycles. The lowest BCUT2D eigenvalue weighted by Crippen LogP contribution is -2.18. The number of hydrogen-bond donors (Lipinski definition) is 1. The van der Waals surface area contributed by atoms with Crippen LogP contribution in [-0.4, -0.2) is 4.98 Å². The van der Waals surface area contributed by atoms with Gasteiger partial charge in [-0.2, -0.15) is 0 Å². The number of halogens is 2. The Kier molecular flexibility index (Phi) is 2.27. The SMILES string of the molecule is NC1(c2nc(-c3ccc(F)cc3F)cs2)CC1. The van der Waals surface area contributed by atoms with E-state index in [1.165, 1.54) is 23.5 Å². The molecule has 2 nitrogen and oxygen atoms in total.